The molecule has 0 fully saturated rings. The molecule has 11 heteroatoms. The van der Waals surface area contributed by atoms with Gasteiger partial charge < -0.3 is 20.3 Å². The standard InChI is InChI=1S/C30H23F3N2O6/c1-41-29(40)26(15-19-6-11-21(36)12-7-19)35-27(37)25-16-23(28(38)39)22-14-18(8-13-24(22)34-25)3-2-17-4-9-20(10-5-17)30(31,32)33/h2-14,16,26,36H,15H2,1H3,(H,35,37)(H,38,39)/b3-2+/t26-/m0/s1. The Kier molecular flexibility index (Phi) is 8.37. The van der Waals surface area contributed by atoms with Crippen molar-refractivity contribution in [3.63, 3.8) is 0 Å². The number of fused-ring (bicyclic) bond motifs is 1. The average Bonchev–Trinajstić information content (AvgIpc) is 2.95. The lowest BCUT2D eigenvalue weighted by atomic mass is 10.0. The number of alkyl halides is 3. The van der Waals surface area contributed by atoms with E-state index in [1.54, 1.807) is 30.4 Å². The molecule has 3 aromatic carbocycles. The maximum Gasteiger partial charge on any atom is 0.416 e. The number of phenolic OH excluding ortho intramolecular Hbond substituents is 1. The van der Waals surface area contributed by atoms with Crippen molar-refractivity contribution in [1.82, 2.24) is 10.3 Å². The Hall–Kier alpha value is -5.19. The van der Waals surface area contributed by atoms with Crippen LogP contribution in [0.25, 0.3) is 23.1 Å². The molecular formula is C30H23F3N2O6. The zero-order valence-corrected chi connectivity index (χ0v) is 21.5. The van der Waals surface area contributed by atoms with E-state index in [0.717, 1.165) is 18.2 Å². The van der Waals surface area contributed by atoms with Crippen molar-refractivity contribution >= 4 is 40.9 Å². The molecule has 1 aromatic heterocycles. The van der Waals surface area contributed by atoms with Gasteiger partial charge in [-0.1, -0.05) is 42.5 Å². The molecule has 0 bridgehead atoms. The molecule has 0 aliphatic heterocycles. The van der Waals surface area contributed by atoms with Crippen molar-refractivity contribution in [3.8, 4) is 5.75 Å². The van der Waals surface area contributed by atoms with E-state index in [1.165, 1.54) is 43.5 Å². The van der Waals surface area contributed by atoms with Crippen LogP contribution in [0.2, 0.25) is 0 Å². The van der Waals surface area contributed by atoms with Gasteiger partial charge >= 0.3 is 18.1 Å². The smallest absolute Gasteiger partial charge is 0.416 e. The number of esters is 1. The van der Waals surface area contributed by atoms with Crippen LogP contribution in [-0.2, 0) is 22.1 Å². The first-order valence-corrected chi connectivity index (χ1v) is 12.1. The van der Waals surface area contributed by atoms with Gasteiger partial charge in [-0.25, -0.2) is 14.6 Å². The van der Waals surface area contributed by atoms with Crippen LogP contribution in [0.1, 0.15) is 43.1 Å². The van der Waals surface area contributed by atoms with Crippen LogP contribution in [0.5, 0.6) is 5.75 Å². The summed E-state index contributed by atoms with van der Waals surface area (Å²) < 4.78 is 43.2. The number of aromatic hydroxyl groups is 1. The van der Waals surface area contributed by atoms with E-state index in [-0.39, 0.29) is 34.3 Å². The van der Waals surface area contributed by atoms with E-state index in [0.29, 0.717) is 16.7 Å². The van der Waals surface area contributed by atoms with Gasteiger partial charge in [0.25, 0.3) is 5.91 Å². The van der Waals surface area contributed by atoms with Crippen molar-refractivity contribution in [3.05, 3.63) is 106 Å². The second kappa shape index (κ2) is 11.9. The summed E-state index contributed by atoms with van der Waals surface area (Å²) >= 11 is 0. The monoisotopic (exact) mass is 564 g/mol. The second-order valence-electron chi connectivity index (χ2n) is 9.01. The van der Waals surface area contributed by atoms with E-state index in [2.05, 4.69) is 10.3 Å². The minimum atomic E-state index is -4.44. The Morgan fingerprint density at radius 2 is 1.59 bits per heavy atom. The van der Waals surface area contributed by atoms with Crippen LogP contribution in [-0.4, -0.2) is 46.2 Å². The Morgan fingerprint density at radius 3 is 2.20 bits per heavy atom. The summed E-state index contributed by atoms with van der Waals surface area (Å²) in [6, 6.07) is 15.3. The summed E-state index contributed by atoms with van der Waals surface area (Å²) in [5, 5.41) is 22.1. The normalized spacial score (nSPS) is 12.3. The molecule has 0 radical (unpaired) electrons. The number of rotatable bonds is 8. The minimum Gasteiger partial charge on any atom is -0.508 e. The number of carboxylic acids is 1. The first-order chi connectivity index (χ1) is 19.4. The summed E-state index contributed by atoms with van der Waals surface area (Å²) in [5.41, 5.74) is 0.687. The molecule has 1 amide bonds. The van der Waals surface area contributed by atoms with Gasteiger partial charge in [-0.2, -0.15) is 13.2 Å². The largest absolute Gasteiger partial charge is 0.508 e. The maximum absolute atomic E-state index is 13.1. The number of carbonyl (C=O) groups is 3. The number of methoxy groups -OCH3 is 1. The van der Waals surface area contributed by atoms with Crippen molar-refractivity contribution < 1.29 is 42.5 Å². The number of aromatic nitrogens is 1. The van der Waals surface area contributed by atoms with E-state index >= 15 is 0 Å². The molecule has 1 heterocycles. The van der Waals surface area contributed by atoms with E-state index in [1.807, 2.05) is 0 Å². The van der Waals surface area contributed by atoms with Crippen LogP contribution in [0.15, 0.2) is 72.8 Å². The SMILES string of the molecule is COC(=O)[C@H](Cc1ccc(O)cc1)NC(=O)c1cc(C(=O)O)c2cc(/C=C/c3ccc(C(F)(F)F)cc3)ccc2n1. The number of ether oxygens (including phenoxy) is 1. The summed E-state index contributed by atoms with van der Waals surface area (Å²) in [6.45, 7) is 0. The van der Waals surface area contributed by atoms with Gasteiger partial charge in [0, 0.05) is 11.8 Å². The number of aromatic carboxylic acids is 1. The van der Waals surface area contributed by atoms with Crippen LogP contribution < -0.4 is 5.32 Å². The fraction of sp³-hybridized carbons (Fsp3) is 0.133. The molecule has 8 nitrogen and oxygen atoms in total. The summed E-state index contributed by atoms with van der Waals surface area (Å²) in [6.07, 6.45) is -1.20. The molecule has 0 aliphatic rings. The molecule has 210 valence electrons. The number of amides is 1. The average molecular weight is 565 g/mol. The third-order valence-corrected chi connectivity index (χ3v) is 6.17. The number of halogens is 3. The fourth-order valence-electron chi connectivity index (χ4n) is 4.05. The van der Waals surface area contributed by atoms with E-state index < -0.39 is 35.6 Å². The third kappa shape index (κ3) is 7.07. The van der Waals surface area contributed by atoms with E-state index in [9.17, 15) is 37.8 Å². The number of hydrogen-bond donors (Lipinski definition) is 3. The minimum absolute atomic E-state index is 0.0344. The summed E-state index contributed by atoms with van der Waals surface area (Å²) in [5.74, 6) is -2.80. The number of carboxylic acid groups (broad SMARTS) is 1. The molecule has 0 aliphatic carbocycles. The van der Waals surface area contributed by atoms with Crippen molar-refractivity contribution in [2.45, 2.75) is 18.6 Å². The molecule has 4 aromatic rings. The van der Waals surface area contributed by atoms with Crippen LogP contribution in [0.4, 0.5) is 13.2 Å². The number of pyridine rings is 1. The Bertz CT molecular complexity index is 1630. The third-order valence-electron chi connectivity index (χ3n) is 6.17. The van der Waals surface area contributed by atoms with Gasteiger partial charge in [0.2, 0.25) is 0 Å². The second-order valence-corrected chi connectivity index (χ2v) is 9.01. The Balaban J connectivity index is 1.59. The number of benzene rings is 3. The van der Waals surface area contributed by atoms with Gasteiger partial charge in [0.05, 0.1) is 23.8 Å². The highest BCUT2D eigenvalue weighted by Crippen LogP contribution is 2.29. The first-order valence-electron chi connectivity index (χ1n) is 12.1. The van der Waals surface area contributed by atoms with Crippen LogP contribution in [0.3, 0.4) is 0 Å². The molecule has 0 saturated carbocycles. The lowest BCUT2D eigenvalue weighted by Crippen LogP contribution is -2.43. The molecule has 1 atom stereocenters. The van der Waals surface area contributed by atoms with Gasteiger partial charge in [0.1, 0.15) is 17.5 Å². The highest BCUT2D eigenvalue weighted by Gasteiger charge is 2.30. The van der Waals surface area contributed by atoms with Gasteiger partial charge in [-0.15, -0.1) is 0 Å². The van der Waals surface area contributed by atoms with Crippen molar-refractivity contribution in [1.29, 1.82) is 0 Å². The van der Waals surface area contributed by atoms with Gasteiger partial charge in [0.15, 0.2) is 0 Å². The molecule has 0 spiro atoms. The maximum atomic E-state index is 13.1. The number of nitrogens with one attached hydrogen (secondary N) is 1. The molecule has 3 N–H and O–H groups in total. The molecular weight excluding hydrogens is 541 g/mol. The summed E-state index contributed by atoms with van der Waals surface area (Å²) in [7, 11) is 1.17. The predicted molar refractivity (Wildman–Crippen MR) is 144 cm³/mol. The first kappa shape index (κ1) is 28.8. The summed E-state index contributed by atoms with van der Waals surface area (Å²) in [4.78, 5) is 41.7. The lowest BCUT2D eigenvalue weighted by Gasteiger charge is -2.17. The number of nitrogens with zero attached hydrogens (tertiary/aromatic N) is 1. The van der Waals surface area contributed by atoms with Gasteiger partial charge in [-0.05, 0) is 59.2 Å². The molecule has 0 unspecified atom stereocenters. The predicted octanol–water partition coefficient (Wildman–Crippen LogP) is 5.34. The fourth-order valence-corrected chi connectivity index (χ4v) is 4.05. The quantitative estimate of drug-likeness (QED) is 0.195. The van der Waals surface area contributed by atoms with Gasteiger partial charge in [-0.3, -0.25) is 4.79 Å². The lowest BCUT2D eigenvalue weighted by molar-refractivity contribution is -0.143. The molecule has 41 heavy (non-hydrogen) atoms. The number of carbonyl (C=O) groups excluding carboxylic acids is 2. The number of hydrogen-bond acceptors (Lipinski definition) is 6. The molecule has 4 rings (SSSR count). The topological polar surface area (TPSA) is 126 Å². The Morgan fingerprint density at radius 1 is 0.951 bits per heavy atom. The zero-order valence-electron chi connectivity index (χ0n) is 21.5. The highest BCUT2D eigenvalue weighted by molar-refractivity contribution is 6.06. The number of phenols is 1. The van der Waals surface area contributed by atoms with Crippen molar-refractivity contribution in [2.75, 3.05) is 7.11 Å². The highest BCUT2D eigenvalue weighted by atomic mass is 19.4. The molecule has 0 saturated heterocycles. The zero-order chi connectivity index (χ0) is 29.7. The van der Waals surface area contributed by atoms with E-state index in [4.69, 9.17) is 4.74 Å². The van der Waals surface area contributed by atoms with Crippen molar-refractivity contribution in [2.24, 2.45) is 0 Å². The van der Waals surface area contributed by atoms with Crippen LogP contribution in [0, 0.1) is 0 Å². The Labute approximate surface area is 231 Å². The van der Waals surface area contributed by atoms with Crippen LogP contribution >= 0.6 is 0 Å².